The van der Waals surface area contributed by atoms with E-state index in [0.29, 0.717) is 22.5 Å². The molecule has 39 heavy (non-hydrogen) atoms. The number of amides is 1. The molecule has 0 aliphatic rings. The summed E-state index contributed by atoms with van der Waals surface area (Å²) < 4.78 is 35.5. The van der Waals surface area contributed by atoms with Gasteiger partial charge in [-0.05, 0) is 37.4 Å². The summed E-state index contributed by atoms with van der Waals surface area (Å²) in [5.74, 6) is 0.385. The molecule has 206 valence electrons. The van der Waals surface area contributed by atoms with E-state index < -0.39 is 25.2 Å². The van der Waals surface area contributed by atoms with Crippen molar-refractivity contribution in [2.45, 2.75) is 20.4 Å². The van der Waals surface area contributed by atoms with Crippen molar-refractivity contribution in [1.82, 2.24) is 15.0 Å². The van der Waals surface area contributed by atoms with Gasteiger partial charge in [-0.2, -0.15) is 0 Å². The summed E-state index contributed by atoms with van der Waals surface area (Å²) in [5.41, 5.74) is 6.44. The van der Waals surface area contributed by atoms with Crippen molar-refractivity contribution >= 4 is 41.1 Å². The molecule has 0 aliphatic heterocycles. The largest absolute Gasteiger partial charge is 0.497 e. The first-order chi connectivity index (χ1) is 18.8. The summed E-state index contributed by atoms with van der Waals surface area (Å²) in [6.07, 6.45) is -0.517. The lowest BCUT2D eigenvalue weighted by Gasteiger charge is -2.18. The number of methoxy groups -OCH3 is 2. The molecule has 12 heteroatoms. The van der Waals surface area contributed by atoms with Gasteiger partial charge in [-0.3, -0.25) is 29.6 Å². The van der Waals surface area contributed by atoms with Crippen LogP contribution < -0.4 is 25.9 Å². The van der Waals surface area contributed by atoms with E-state index in [0.717, 1.165) is 16.3 Å². The monoisotopic (exact) mass is 554 g/mol. The Bertz CT molecular complexity index is 1590. The first-order valence-electron chi connectivity index (χ1n) is 12.4. The number of fused-ring (bicyclic) bond motifs is 3. The van der Waals surface area contributed by atoms with Crippen molar-refractivity contribution in [3.8, 4) is 11.5 Å². The van der Waals surface area contributed by atoms with Crippen LogP contribution in [-0.4, -0.2) is 49.1 Å². The van der Waals surface area contributed by atoms with Crippen molar-refractivity contribution < 1.29 is 27.9 Å². The minimum Gasteiger partial charge on any atom is -0.497 e. The zero-order chi connectivity index (χ0) is 28.0. The van der Waals surface area contributed by atoms with E-state index in [1.165, 1.54) is 0 Å². The van der Waals surface area contributed by atoms with E-state index in [1.54, 1.807) is 44.8 Å². The van der Waals surface area contributed by atoms with Crippen molar-refractivity contribution in [3.63, 3.8) is 0 Å². The lowest BCUT2D eigenvalue weighted by atomic mass is 10.1. The smallest absolute Gasteiger partial charge is 0.340 e. The maximum Gasteiger partial charge on any atom is 0.340 e. The molecule has 0 unspecified atom stereocenters. The molecular weight excluding hydrogens is 523 g/mol. The molecule has 0 bridgehead atoms. The molecule has 0 saturated carbocycles. The third-order valence-electron chi connectivity index (χ3n) is 5.96. The van der Waals surface area contributed by atoms with Gasteiger partial charge in [0.1, 0.15) is 17.7 Å². The van der Waals surface area contributed by atoms with Crippen molar-refractivity contribution in [3.05, 3.63) is 70.5 Å². The van der Waals surface area contributed by atoms with Gasteiger partial charge in [-0.1, -0.05) is 30.3 Å². The molecule has 4 aromatic rings. The van der Waals surface area contributed by atoms with Gasteiger partial charge in [-0.15, -0.1) is 0 Å². The first kappa shape index (κ1) is 28.1. The summed E-state index contributed by atoms with van der Waals surface area (Å²) >= 11 is 0. The lowest BCUT2D eigenvalue weighted by Crippen LogP contribution is -2.36. The zero-order valence-electron chi connectivity index (χ0n) is 22.2. The normalized spacial score (nSPS) is 11.5. The van der Waals surface area contributed by atoms with E-state index in [9.17, 15) is 14.2 Å². The fraction of sp³-hybridized carbons (Fsp3) is 0.296. The molecule has 2 N–H and O–H groups in total. The van der Waals surface area contributed by atoms with Gasteiger partial charge >= 0.3 is 7.60 Å². The van der Waals surface area contributed by atoms with Crippen LogP contribution in [0.1, 0.15) is 19.4 Å². The summed E-state index contributed by atoms with van der Waals surface area (Å²) in [6.45, 7) is 3.72. The number of carbonyl (C=O) groups excluding carboxylic acids is 1. The van der Waals surface area contributed by atoms with Gasteiger partial charge in [0.2, 0.25) is 5.82 Å². The molecule has 4 rings (SSSR count). The maximum absolute atomic E-state index is 13.8. The van der Waals surface area contributed by atoms with Crippen molar-refractivity contribution in [1.29, 1.82) is 0 Å². The lowest BCUT2D eigenvalue weighted by molar-refractivity contribution is -0.118. The summed E-state index contributed by atoms with van der Waals surface area (Å²) in [6, 6.07) is 16.8. The van der Waals surface area contributed by atoms with Gasteiger partial charge in [0.25, 0.3) is 11.5 Å². The van der Waals surface area contributed by atoms with Gasteiger partial charge in [0.05, 0.1) is 45.0 Å². The second kappa shape index (κ2) is 12.3. The number of ether oxygens (including phenoxy) is 2. The van der Waals surface area contributed by atoms with Crippen LogP contribution in [-0.2, 0) is 25.0 Å². The van der Waals surface area contributed by atoms with Crippen LogP contribution in [0.2, 0.25) is 0 Å². The second-order valence-corrected chi connectivity index (χ2v) is 10.5. The molecule has 0 atom stereocenters. The fourth-order valence-electron chi connectivity index (χ4n) is 4.27. The number of benzene rings is 3. The molecule has 11 nitrogen and oxygen atoms in total. The number of hydrogen-bond donors (Lipinski definition) is 2. The molecular formula is C27H31N4O7P. The van der Waals surface area contributed by atoms with E-state index in [4.69, 9.17) is 18.5 Å². The van der Waals surface area contributed by atoms with Crippen molar-refractivity contribution in [2.75, 3.05) is 39.0 Å². The Morgan fingerprint density at radius 2 is 1.74 bits per heavy atom. The fourth-order valence-corrected chi connectivity index (χ4v) is 5.74. The highest BCUT2D eigenvalue weighted by Gasteiger charge is 2.28. The minimum atomic E-state index is -3.63. The third kappa shape index (κ3) is 6.22. The van der Waals surface area contributed by atoms with Gasteiger partial charge in [-0.25, -0.2) is 4.98 Å². The number of aromatic nitrogens is 2. The standard InChI is InChI=1S/C27H31N4O7P/c1-5-37-39(34,38-6-2)17-24(32)29-30-26-27(33)31(16-19-11-13-20(35-3)15-23(19)36-4)25-21-10-8-7-9-18(21)12-14-22(25)28-26/h7-15H,5-6,16-17H2,1-4H3,(H,28,30)(H,29,32). The van der Waals surface area contributed by atoms with Crippen LogP contribution in [0.5, 0.6) is 11.5 Å². The molecule has 3 aromatic carbocycles. The number of carbonyl (C=O) groups is 1. The summed E-state index contributed by atoms with van der Waals surface area (Å²) in [4.78, 5) is 30.9. The Morgan fingerprint density at radius 1 is 1.00 bits per heavy atom. The number of anilines is 1. The predicted molar refractivity (Wildman–Crippen MR) is 150 cm³/mol. The van der Waals surface area contributed by atoms with Gasteiger partial charge in [0, 0.05) is 17.0 Å². The molecule has 0 spiro atoms. The molecule has 1 amide bonds. The summed E-state index contributed by atoms with van der Waals surface area (Å²) in [5, 5.41) is 1.79. The van der Waals surface area contributed by atoms with E-state index in [-0.39, 0.29) is 25.6 Å². The molecule has 0 radical (unpaired) electrons. The maximum atomic E-state index is 13.8. The van der Waals surface area contributed by atoms with Gasteiger partial charge in [0.15, 0.2) is 0 Å². The van der Waals surface area contributed by atoms with Crippen LogP contribution in [0.25, 0.3) is 21.8 Å². The van der Waals surface area contributed by atoms with E-state index in [2.05, 4.69) is 15.8 Å². The van der Waals surface area contributed by atoms with Crippen LogP contribution in [0.3, 0.4) is 0 Å². The average molecular weight is 555 g/mol. The Labute approximate surface area is 225 Å². The Hall–Kier alpha value is -3.92. The third-order valence-corrected chi connectivity index (χ3v) is 7.94. The molecule has 0 fully saturated rings. The second-order valence-electron chi connectivity index (χ2n) is 8.46. The topological polar surface area (TPSA) is 130 Å². The van der Waals surface area contributed by atoms with E-state index in [1.807, 2.05) is 42.5 Å². The quantitative estimate of drug-likeness (QED) is 0.149. The first-order valence-corrected chi connectivity index (χ1v) is 14.1. The zero-order valence-corrected chi connectivity index (χ0v) is 23.1. The number of hydrogen-bond acceptors (Lipinski definition) is 9. The van der Waals surface area contributed by atoms with Crippen LogP contribution >= 0.6 is 7.60 Å². The summed E-state index contributed by atoms with van der Waals surface area (Å²) in [7, 11) is -0.513. The van der Waals surface area contributed by atoms with Crippen LogP contribution in [0.4, 0.5) is 5.82 Å². The highest BCUT2D eigenvalue weighted by molar-refractivity contribution is 7.54. The predicted octanol–water partition coefficient (Wildman–Crippen LogP) is 4.32. The molecule has 1 heterocycles. The average Bonchev–Trinajstić information content (AvgIpc) is 2.93. The van der Waals surface area contributed by atoms with Gasteiger partial charge < -0.3 is 18.5 Å². The number of rotatable bonds is 12. The highest BCUT2D eigenvalue weighted by atomic mass is 31.2. The van der Waals surface area contributed by atoms with Crippen molar-refractivity contribution in [2.24, 2.45) is 0 Å². The molecule has 0 saturated heterocycles. The Kier molecular flexibility index (Phi) is 8.86. The number of hydrazine groups is 1. The highest BCUT2D eigenvalue weighted by Crippen LogP contribution is 2.47. The molecule has 0 aliphatic carbocycles. The van der Waals surface area contributed by atoms with E-state index >= 15 is 0 Å². The minimum absolute atomic E-state index is 0.110. The Balaban J connectivity index is 1.76. The van der Waals surface area contributed by atoms with Crippen LogP contribution in [0.15, 0.2) is 59.4 Å². The number of nitrogens with one attached hydrogen (secondary N) is 2. The Morgan fingerprint density at radius 3 is 2.44 bits per heavy atom. The molecule has 1 aromatic heterocycles. The van der Waals surface area contributed by atoms with Crippen LogP contribution in [0, 0.1) is 0 Å². The SMILES string of the molecule is CCOP(=O)(CC(=O)NNc1nc2ccc3ccccc3c2n(Cc2ccc(OC)cc2OC)c1=O)OCC. The number of nitrogens with zero attached hydrogens (tertiary/aromatic N) is 2.